The summed E-state index contributed by atoms with van der Waals surface area (Å²) in [5.74, 6) is 2.16. The Balaban J connectivity index is 1.64. The molecule has 0 N–H and O–H groups in total. The Morgan fingerprint density at radius 3 is 2.95 bits per heavy atom. The fraction of sp³-hybridized carbons (Fsp3) is 0.200. The Morgan fingerprint density at radius 2 is 2.21 bits per heavy atom. The number of nitrogens with zero attached hydrogens (tertiary/aromatic N) is 4. The van der Waals surface area contributed by atoms with Crippen LogP contribution in [0.3, 0.4) is 0 Å². The molecule has 0 radical (unpaired) electrons. The normalized spacial score (nSPS) is 11.0. The molecule has 3 rings (SSSR count). The minimum absolute atomic E-state index is 0.391. The molecule has 0 saturated heterocycles. The van der Waals surface area contributed by atoms with Crippen molar-refractivity contribution in [1.29, 1.82) is 0 Å². The van der Waals surface area contributed by atoms with Crippen molar-refractivity contribution in [3.63, 3.8) is 0 Å². The second-order valence-corrected chi connectivity index (χ2v) is 6.57. The van der Waals surface area contributed by atoms with Crippen LogP contribution in [0.5, 0.6) is 0 Å². The van der Waals surface area contributed by atoms with Crippen LogP contribution in [0.2, 0.25) is 0 Å². The summed E-state index contributed by atoms with van der Waals surface area (Å²) in [4.78, 5) is 4.25. The van der Waals surface area contributed by atoms with E-state index in [4.69, 9.17) is 8.94 Å². The van der Waals surface area contributed by atoms with Crippen LogP contribution in [0, 0.1) is 0 Å². The van der Waals surface area contributed by atoms with Gasteiger partial charge in [0, 0.05) is 0 Å². The summed E-state index contributed by atoms with van der Waals surface area (Å²) in [6.45, 7) is 0. The largest absolute Gasteiger partial charge is 0.459 e. The Kier molecular flexibility index (Phi) is 3.85. The molecule has 0 amide bonds. The second kappa shape index (κ2) is 5.76. The predicted octanol–water partition coefficient (Wildman–Crippen LogP) is 3.20. The zero-order chi connectivity index (χ0) is 13.1. The highest BCUT2D eigenvalue weighted by molar-refractivity contribution is 8.02. The van der Waals surface area contributed by atoms with Crippen molar-refractivity contribution in [2.24, 2.45) is 0 Å². The number of thioether (sulfide) groups is 2. The number of furan rings is 1. The van der Waals surface area contributed by atoms with Crippen LogP contribution in [-0.4, -0.2) is 26.6 Å². The fourth-order valence-corrected chi connectivity index (χ4v) is 3.56. The van der Waals surface area contributed by atoms with E-state index in [9.17, 15) is 0 Å². The summed E-state index contributed by atoms with van der Waals surface area (Å²) in [5.41, 5.74) is 0. The molecule has 98 valence electrons. The van der Waals surface area contributed by atoms with Gasteiger partial charge in [0.05, 0.1) is 12.0 Å². The molecule has 3 aromatic rings. The van der Waals surface area contributed by atoms with Gasteiger partial charge in [0.15, 0.2) is 20.3 Å². The van der Waals surface area contributed by atoms with Crippen LogP contribution in [0.4, 0.5) is 0 Å². The van der Waals surface area contributed by atoms with Crippen molar-refractivity contribution in [3.8, 4) is 11.7 Å². The van der Waals surface area contributed by atoms with Crippen molar-refractivity contribution in [3.05, 3.63) is 24.2 Å². The van der Waals surface area contributed by atoms with Crippen LogP contribution < -0.4 is 0 Å². The van der Waals surface area contributed by atoms with E-state index in [-0.39, 0.29) is 0 Å². The molecule has 0 aliphatic heterocycles. The van der Waals surface area contributed by atoms with Gasteiger partial charge in [-0.1, -0.05) is 40.0 Å². The van der Waals surface area contributed by atoms with Crippen molar-refractivity contribution in [1.82, 2.24) is 20.3 Å². The van der Waals surface area contributed by atoms with Gasteiger partial charge in [-0.05, 0) is 18.4 Å². The Hall–Kier alpha value is -1.32. The molecular weight excluding hydrogens is 304 g/mol. The summed E-state index contributed by atoms with van der Waals surface area (Å²) in [6.07, 6.45) is 3.54. The standard InChI is InChI=1S/C10H8N4O2S3/c1-17-9-12-13-10(19-9)18-5-7-11-8(16-14-7)6-3-2-4-15-6/h2-4H,5H2,1H3. The van der Waals surface area contributed by atoms with Crippen LogP contribution in [0.25, 0.3) is 11.7 Å². The molecule has 0 unspecified atom stereocenters. The average molecular weight is 312 g/mol. The van der Waals surface area contributed by atoms with Gasteiger partial charge in [-0.2, -0.15) is 4.98 Å². The molecule has 3 aromatic heterocycles. The van der Waals surface area contributed by atoms with Gasteiger partial charge in [-0.3, -0.25) is 0 Å². The number of aromatic nitrogens is 4. The lowest BCUT2D eigenvalue weighted by Crippen LogP contribution is -1.83. The third-order valence-corrected chi connectivity index (χ3v) is 5.12. The van der Waals surface area contributed by atoms with Gasteiger partial charge in [-0.25, -0.2) is 0 Å². The summed E-state index contributed by atoms with van der Waals surface area (Å²) >= 11 is 4.68. The monoisotopic (exact) mass is 312 g/mol. The maximum Gasteiger partial charge on any atom is 0.293 e. The van der Waals surface area contributed by atoms with Crippen LogP contribution in [0.1, 0.15) is 5.82 Å². The van der Waals surface area contributed by atoms with Gasteiger partial charge in [0.25, 0.3) is 5.89 Å². The van der Waals surface area contributed by atoms with Crippen molar-refractivity contribution >= 4 is 34.9 Å². The van der Waals surface area contributed by atoms with Crippen molar-refractivity contribution in [2.45, 2.75) is 14.4 Å². The first-order chi connectivity index (χ1) is 9.35. The lowest BCUT2D eigenvalue weighted by molar-refractivity contribution is 0.411. The molecule has 0 aliphatic carbocycles. The van der Waals surface area contributed by atoms with Gasteiger partial charge in [0.2, 0.25) is 0 Å². The molecule has 0 aromatic carbocycles. The Morgan fingerprint density at radius 1 is 1.32 bits per heavy atom. The maximum atomic E-state index is 5.19. The van der Waals surface area contributed by atoms with E-state index in [1.807, 2.05) is 6.26 Å². The number of hydrogen-bond acceptors (Lipinski definition) is 9. The zero-order valence-corrected chi connectivity index (χ0v) is 12.2. The number of rotatable bonds is 5. The van der Waals surface area contributed by atoms with Gasteiger partial charge in [0.1, 0.15) is 0 Å². The molecule has 0 bridgehead atoms. The number of hydrogen-bond donors (Lipinski definition) is 0. The van der Waals surface area contributed by atoms with Gasteiger partial charge < -0.3 is 8.94 Å². The van der Waals surface area contributed by atoms with Crippen molar-refractivity contribution < 1.29 is 8.94 Å². The van der Waals surface area contributed by atoms with E-state index in [0.29, 0.717) is 23.2 Å². The molecule has 0 fully saturated rings. The molecule has 0 spiro atoms. The lowest BCUT2D eigenvalue weighted by atomic mass is 10.4. The molecule has 19 heavy (non-hydrogen) atoms. The third kappa shape index (κ3) is 2.99. The van der Waals surface area contributed by atoms with E-state index in [2.05, 4.69) is 20.3 Å². The smallest absolute Gasteiger partial charge is 0.293 e. The van der Waals surface area contributed by atoms with Gasteiger partial charge >= 0.3 is 0 Å². The summed E-state index contributed by atoms with van der Waals surface area (Å²) in [6, 6.07) is 3.55. The first-order valence-corrected chi connectivity index (χ1v) is 8.24. The van der Waals surface area contributed by atoms with E-state index in [1.54, 1.807) is 41.5 Å². The molecule has 3 heterocycles. The molecule has 9 heteroatoms. The highest BCUT2D eigenvalue weighted by Gasteiger charge is 2.12. The Labute approximate surface area is 121 Å². The topological polar surface area (TPSA) is 77.8 Å². The first-order valence-electron chi connectivity index (χ1n) is 5.22. The zero-order valence-electron chi connectivity index (χ0n) is 9.77. The summed E-state index contributed by atoms with van der Waals surface area (Å²) in [5, 5.41) is 12.0. The molecule has 0 saturated carbocycles. The minimum atomic E-state index is 0.391. The quantitative estimate of drug-likeness (QED) is 0.665. The highest BCUT2D eigenvalue weighted by Crippen LogP contribution is 2.29. The Bertz CT molecular complexity index is 649. The molecule has 0 aliphatic rings. The second-order valence-electron chi connectivity index (χ2n) is 3.32. The van der Waals surface area contributed by atoms with E-state index < -0.39 is 0 Å². The maximum absolute atomic E-state index is 5.19. The minimum Gasteiger partial charge on any atom is -0.459 e. The average Bonchev–Trinajstić information content (AvgIpc) is 3.16. The van der Waals surface area contributed by atoms with Gasteiger partial charge in [-0.15, -0.1) is 10.2 Å². The third-order valence-electron chi connectivity index (χ3n) is 2.09. The van der Waals surface area contributed by atoms with Crippen LogP contribution in [0.15, 0.2) is 36.0 Å². The van der Waals surface area contributed by atoms with Crippen LogP contribution in [-0.2, 0) is 5.75 Å². The van der Waals surface area contributed by atoms with Crippen molar-refractivity contribution in [2.75, 3.05) is 6.26 Å². The molecule has 0 atom stereocenters. The van der Waals surface area contributed by atoms with E-state index in [1.165, 1.54) is 11.8 Å². The first kappa shape index (κ1) is 12.7. The molecular formula is C10H8N4O2S3. The summed E-state index contributed by atoms with van der Waals surface area (Å²) in [7, 11) is 0. The van der Waals surface area contributed by atoms with E-state index in [0.717, 1.165) is 8.68 Å². The predicted molar refractivity (Wildman–Crippen MR) is 73.3 cm³/mol. The SMILES string of the molecule is CSc1nnc(SCc2noc(-c3ccco3)n2)s1. The highest BCUT2D eigenvalue weighted by atomic mass is 32.2. The lowest BCUT2D eigenvalue weighted by Gasteiger charge is -1.88. The summed E-state index contributed by atoms with van der Waals surface area (Å²) < 4.78 is 12.2. The van der Waals surface area contributed by atoms with E-state index >= 15 is 0 Å². The van der Waals surface area contributed by atoms with Crippen LogP contribution >= 0.6 is 34.9 Å². The fourth-order valence-electron chi connectivity index (χ4n) is 1.28. The molecule has 6 nitrogen and oxygen atoms in total.